The van der Waals surface area contributed by atoms with Gasteiger partial charge < -0.3 is 15.0 Å². The largest absolute Gasteiger partial charge is 0.495 e. The highest BCUT2D eigenvalue weighted by Gasteiger charge is 2.35. The lowest BCUT2D eigenvalue weighted by atomic mass is 10.0. The van der Waals surface area contributed by atoms with E-state index in [4.69, 9.17) is 4.74 Å². The van der Waals surface area contributed by atoms with Crippen molar-refractivity contribution in [3.8, 4) is 5.75 Å². The number of ether oxygens (including phenoxy) is 1. The van der Waals surface area contributed by atoms with Crippen LogP contribution in [0.15, 0.2) is 102 Å². The van der Waals surface area contributed by atoms with Crippen molar-refractivity contribution in [1.29, 1.82) is 0 Å². The molecule has 0 aromatic heterocycles. The summed E-state index contributed by atoms with van der Waals surface area (Å²) in [7, 11) is -2.86. The predicted molar refractivity (Wildman–Crippen MR) is 182 cm³/mol. The quantitative estimate of drug-likeness (QED) is 0.153. The minimum atomic E-state index is -4.29. The van der Waals surface area contributed by atoms with Crippen molar-refractivity contribution in [3.05, 3.63) is 125 Å². The highest BCUT2D eigenvalue weighted by Crippen LogP contribution is 2.34. The number of hydrogen-bond acceptors (Lipinski definition) is 5. The Bertz CT molecular complexity index is 1750. The fraction of sp³-hybridized carbons (Fsp3) is 0.297. The summed E-state index contributed by atoms with van der Waals surface area (Å²) < 4.78 is 49.1. The first-order valence-corrected chi connectivity index (χ1v) is 17.1. The van der Waals surface area contributed by atoms with Crippen LogP contribution in [0.1, 0.15) is 42.0 Å². The van der Waals surface area contributed by atoms with Crippen LogP contribution in [0.5, 0.6) is 5.75 Å². The average Bonchev–Trinajstić information content (AvgIpc) is 3.06. The molecule has 0 spiro atoms. The second kappa shape index (κ2) is 16.2. The van der Waals surface area contributed by atoms with Crippen LogP contribution in [0.3, 0.4) is 0 Å². The maximum Gasteiger partial charge on any atom is 0.264 e. The van der Waals surface area contributed by atoms with Gasteiger partial charge in [-0.15, -0.1) is 0 Å². The minimum Gasteiger partial charge on any atom is -0.495 e. The SMILES string of the molecule is CCCCNC(=O)[C@H](Cc1ccccc1)N(Cc1ccc(F)cc1)C(=O)CN(c1cc(C)ccc1OC)S(=O)(=O)c1ccc(C)cc1. The van der Waals surface area contributed by atoms with Crippen molar-refractivity contribution >= 4 is 27.5 Å². The van der Waals surface area contributed by atoms with E-state index >= 15 is 0 Å². The number of benzene rings is 4. The van der Waals surface area contributed by atoms with E-state index in [0.717, 1.165) is 33.8 Å². The van der Waals surface area contributed by atoms with E-state index in [1.54, 1.807) is 42.5 Å². The Balaban J connectivity index is 1.83. The number of hydrogen-bond donors (Lipinski definition) is 1. The molecule has 10 heteroatoms. The molecule has 0 bridgehead atoms. The van der Waals surface area contributed by atoms with E-state index in [2.05, 4.69) is 5.32 Å². The fourth-order valence-corrected chi connectivity index (χ4v) is 6.61. The maximum absolute atomic E-state index is 14.6. The number of nitrogens with zero attached hydrogens (tertiary/aromatic N) is 2. The third-order valence-electron chi connectivity index (χ3n) is 7.86. The molecule has 0 aliphatic carbocycles. The number of halogens is 1. The number of unbranched alkanes of at least 4 members (excludes halogenated alkanes) is 1. The van der Waals surface area contributed by atoms with Crippen LogP contribution in [0, 0.1) is 19.7 Å². The third kappa shape index (κ3) is 9.19. The normalized spacial score (nSPS) is 11.9. The highest BCUT2D eigenvalue weighted by atomic mass is 32.2. The van der Waals surface area contributed by atoms with Crippen LogP contribution < -0.4 is 14.4 Å². The Kier molecular flexibility index (Phi) is 12.1. The number of nitrogens with one attached hydrogen (secondary N) is 1. The Morgan fingerprint density at radius 1 is 0.872 bits per heavy atom. The number of carbonyl (C=O) groups is 2. The van der Waals surface area contributed by atoms with Crippen LogP contribution in [0.25, 0.3) is 0 Å². The molecule has 1 atom stereocenters. The lowest BCUT2D eigenvalue weighted by molar-refractivity contribution is -0.140. The number of anilines is 1. The maximum atomic E-state index is 14.6. The monoisotopic (exact) mass is 659 g/mol. The first-order valence-electron chi connectivity index (χ1n) is 15.6. The molecule has 0 fully saturated rings. The first-order chi connectivity index (χ1) is 22.5. The summed E-state index contributed by atoms with van der Waals surface area (Å²) in [5.41, 5.74) is 3.24. The number of amides is 2. The van der Waals surface area contributed by atoms with E-state index in [1.807, 2.05) is 51.1 Å². The summed E-state index contributed by atoms with van der Waals surface area (Å²) in [4.78, 5) is 29.8. The molecule has 248 valence electrons. The molecule has 0 heterocycles. The molecule has 0 aliphatic heterocycles. The van der Waals surface area contributed by atoms with Gasteiger partial charge >= 0.3 is 0 Å². The van der Waals surface area contributed by atoms with Gasteiger partial charge in [-0.25, -0.2) is 12.8 Å². The van der Waals surface area contributed by atoms with Gasteiger partial charge in [0.15, 0.2) is 0 Å². The van der Waals surface area contributed by atoms with Crippen LogP contribution in [0.4, 0.5) is 10.1 Å². The molecule has 2 amide bonds. The molecule has 8 nitrogen and oxygen atoms in total. The number of rotatable bonds is 15. The standard InChI is InChI=1S/C37H42FN3O5S/c1-5-6-22-39-37(43)34(24-29-10-8-7-9-11-29)40(25-30-15-17-31(38)18-16-30)36(42)26-41(33-23-28(3)14-21-35(33)46-4)47(44,45)32-19-12-27(2)13-20-32/h7-21,23,34H,5-6,22,24-26H2,1-4H3,(H,39,43)/t34-/m0/s1. The number of sulfonamides is 1. The van der Waals surface area contributed by atoms with Crippen molar-refractivity contribution in [2.75, 3.05) is 24.5 Å². The molecule has 4 rings (SSSR count). The number of methoxy groups -OCH3 is 1. The minimum absolute atomic E-state index is 0.00249. The Morgan fingerprint density at radius 2 is 1.53 bits per heavy atom. The van der Waals surface area contributed by atoms with Crippen molar-refractivity contribution in [3.63, 3.8) is 0 Å². The molecule has 47 heavy (non-hydrogen) atoms. The van der Waals surface area contributed by atoms with Gasteiger partial charge in [-0.3, -0.25) is 13.9 Å². The van der Waals surface area contributed by atoms with E-state index in [-0.39, 0.29) is 35.2 Å². The molecule has 0 unspecified atom stereocenters. The van der Waals surface area contributed by atoms with Crippen molar-refractivity contribution < 1.29 is 27.1 Å². The third-order valence-corrected chi connectivity index (χ3v) is 9.63. The highest BCUT2D eigenvalue weighted by molar-refractivity contribution is 7.92. The summed E-state index contributed by atoms with van der Waals surface area (Å²) in [6.45, 7) is 5.44. The van der Waals surface area contributed by atoms with Crippen LogP contribution in [-0.2, 0) is 32.6 Å². The zero-order valence-corrected chi connectivity index (χ0v) is 28.1. The van der Waals surface area contributed by atoms with Crippen molar-refractivity contribution in [2.24, 2.45) is 0 Å². The van der Waals surface area contributed by atoms with E-state index < -0.39 is 34.3 Å². The summed E-state index contributed by atoms with van der Waals surface area (Å²) in [6, 6.07) is 25.5. The van der Waals surface area contributed by atoms with E-state index in [0.29, 0.717) is 12.1 Å². The Hall–Kier alpha value is -4.70. The van der Waals surface area contributed by atoms with E-state index in [1.165, 1.54) is 36.3 Å². The van der Waals surface area contributed by atoms with Gasteiger partial charge in [0, 0.05) is 19.5 Å². The Labute approximate surface area is 277 Å². The smallest absolute Gasteiger partial charge is 0.264 e. The van der Waals surface area contributed by atoms with Gasteiger partial charge in [-0.1, -0.05) is 79.6 Å². The van der Waals surface area contributed by atoms with Gasteiger partial charge in [0.25, 0.3) is 10.0 Å². The van der Waals surface area contributed by atoms with Crippen LogP contribution >= 0.6 is 0 Å². The molecule has 0 saturated heterocycles. The predicted octanol–water partition coefficient (Wildman–Crippen LogP) is 6.20. The average molecular weight is 660 g/mol. The van der Waals surface area contributed by atoms with Crippen molar-refractivity contribution in [2.45, 2.75) is 57.5 Å². The first kappa shape index (κ1) is 35.2. The summed E-state index contributed by atoms with van der Waals surface area (Å²) in [5.74, 6) is -1.15. The van der Waals surface area contributed by atoms with Crippen LogP contribution in [-0.4, -0.2) is 51.4 Å². The Morgan fingerprint density at radius 3 is 2.17 bits per heavy atom. The van der Waals surface area contributed by atoms with Gasteiger partial charge in [-0.2, -0.15) is 0 Å². The molecule has 4 aromatic rings. The molecular weight excluding hydrogens is 617 g/mol. The topological polar surface area (TPSA) is 96.0 Å². The number of aryl methyl sites for hydroxylation is 2. The molecular formula is C37H42FN3O5S. The van der Waals surface area contributed by atoms with Crippen LogP contribution in [0.2, 0.25) is 0 Å². The molecule has 0 saturated carbocycles. The van der Waals surface area contributed by atoms with Gasteiger partial charge in [0.1, 0.15) is 24.2 Å². The zero-order valence-electron chi connectivity index (χ0n) is 27.3. The zero-order chi connectivity index (χ0) is 34.0. The second-order valence-electron chi connectivity index (χ2n) is 11.5. The summed E-state index contributed by atoms with van der Waals surface area (Å²) in [6.07, 6.45) is 1.81. The van der Waals surface area contributed by atoms with Gasteiger partial charge in [0.2, 0.25) is 11.8 Å². The lowest BCUT2D eigenvalue weighted by Gasteiger charge is -2.34. The molecule has 0 radical (unpaired) electrons. The van der Waals surface area contributed by atoms with Crippen molar-refractivity contribution in [1.82, 2.24) is 10.2 Å². The fourth-order valence-electron chi connectivity index (χ4n) is 5.19. The summed E-state index contributed by atoms with van der Waals surface area (Å²) >= 11 is 0. The lowest BCUT2D eigenvalue weighted by Crippen LogP contribution is -2.53. The molecule has 0 aliphatic rings. The van der Waals surface area contributed by atoms with Gasteiger partial charge in [0.05, 0.1) is 17.7 Å². The van der Waals surface area contributed by atoms with E-state index in [9.17, 15) is 22.4 Å². The molecule has 1 N–H and O–H groups in total. The van der Waals surface area contributed by atoms with Gasteiger partial charge in [-0.05, 0) is 73.4 Å². The summed E-state index contributed by atoms with van der Waals surface area (Å²) in [5, 5.41) is 2.96. The molecule has 4 aromatic carbocycles. The number of carbonyl (C=O) groups excluding carboxylic acids is 2. The second-order valence-corrected chi connectivity index (χ2v) is 13.4.